The molecule has 1 aromatic heterocycles. The first-order chi connectivity index (χ1) is 12.6. The minimum Gasteiger partial charge on any atom is -0.361 e. The van der Waals surface area contributed by atoms with E-state index in [0.717, 1.165) is 5.23 Å². The van der Waals surface area contributed by atoms with Crippen molar-refractivity contribution in [2.45, 2.75) is 32.8 Å². The number of hydroxylamine groups is 3. The molecule has 3 rings (SSSR count). The number of rotatable bonds is 7. The summed E-state index contributed by atoms with van der Waals surface area (Å²) in [7, 11) is 0. The molecule has 138 valence electrons. The zero-order valence-electron chi connectivity index (χ0n) is 14.3. The van der Waals surface area contributed by atoms with Crippen molar-refractivity contribution in [1.29, 1.82) is 0 Å². The molecule has 1 amide bonds. The molecule has 0 aliphatic carbocycles. The molecular weight excluding hydrogens is 345 g/mol. The van der Waals surface area contributed by atoms with E-state index in [2.05, 4.69) is 10.6 Å². The first kappa shape index (κ1) is 17.7. The predicted molar refractivity (Wildman–Crippen MR) is 86.5 cm³/mol. The SMILES string of the molecule is CCc1oncc1C(=O)NOC1=CC(CC)ON1Oc1cccc(F)c1. The number of hydrogen-bond acceptors (Lipinski definition) is 7. The van der Waals surface area contributed by atoms with E-state index in [1.165, 1.54) is 24.4 Å². The number of carbonyl (C=O) groups excluding carboxylic acids is 1. The van der Waals surface area contributed by atoms with Crippen LogP contribution in [0, 0.1) is 5.82 Å². The third-order valence-corrected chi connectivity index (χ3v) is 3.59. The van der Waals surface area contributed by atoms with Gasteiger partial charge in [0.25, 0.3) is 11.8 Å². The monoisotopic (exact) mass is 363 g/mol. The first-order valence-electron chi connectivity index (χ1n) is 8.13. The van der Waals surface area contributed by atoms with E-state index in [1.54, 1.807) is 12.1 Å². The van der Waals surface area contributed by atoms with Crippen molar-refractivity contribution in [3.63, 3.8) is 0 Å². The van der Waals surface area contributed by atoms with E-state index in [1.807, 2.05) is 13.8 Å². The van der Waals surface area contributed by atoms with Crippen molar-refractivity contribution >= 4 is 5.91 Å². The van der Waals surface area contributed by atoms with Crippen molar-refractivity contribution in [2.24, 2.45) is 0 Å². The number of carbonyl (C=O) groups is 1. The number of amides is 1. The molecule has 0 bridgehead atoms. The summed E-state index contributed by atoms with van der Waals surface area (Å²) in [4.78, 5) is 28.5. The number of aryl methyl sites for hydroxylation is 1. The van der Waals surface area contributed by atoms with Crippen LogP contribution in [-0.4, -0.2) is 22.4 Å². The van der Waals surface area contributed by atoms with E-state index >= 15 is 0 Å². The molecule has 26 heavy (non-hydrogen) atoms. The molecule has 9 heteroatoms. The number of aromatic nitrogens is 1. The number of nitrogens with one attached hydrogen (secondary N) is 1. The van der Waals surface area contributed by atoms with Gasteiger partial charge in [0.15, 0.2) is 5.75 Å². The minimum absolute atomic E-state index is 0.115. The second-order valence-corrected chi connectivity index (χ2v) is 5.41. The molecule has 1 aromatic carbocycles. The van der Waals surface area contributed by atoms with Gasteiger partial charge in [0.05, 0.1) is 6.20 Å². The Bertz CT molecular complexity index is 807. The van der Waals surface area contributed by atoms with Gasteiger partial charge in [-0.2, -0.15) is 5.48 Å². The zero-order chi connectivity index (χ0) is 18.5. The van der Waals surface area contributed by atoms with Gasteiger partial charge in [-0.05, 0) is 23.8 Å². The highest BCUT2D eigenvalue weighted by Gasteiger charge is 2.29. The molecule has 2 heterocycles. The van der Waals surface area contributed by atoms with Crippen LogP contribution >= 0.6 is 0 Å². The van der Waals surface area contributed by atoms with Gasteiger partial charge in [-0.1, -0.05) is 25.1 Å². The third kappa shape index (κ3) is 3.94. The summed E-state index contributed by atoms with van der Waals surface area (Å²) in [5.41, 5.74) is 2.57. The quantitative estimate of drug-likeness (QED) is 0.757. The van der Waals surface area contributed by atoms with Crippen LogP contribution in [0.4, 0.5) is 4.39 Å². The first-order valence-corrected chi connectivity index (χ1v) is 8.13. The van der Waals surface area contributed by atoms with Crippen molar-refractivity contribution in [3.8, 4) is 5.75 Å². The second kappa shape index (κ2) is 7.87. The Labute approximate surface area is 149 Å². The van der Waals surface area contributed by atoms with Crippen molar-refractivity contribution in [3.05, 3.63) is 59.6 Å². The van der Waals surface area contributed by atoms with E-state index in [4.69, 9.17) is 19.0 Å². The van der Waals surface area contributed by atoms with Gasteiger partial charge in [0.1, 0.15) is 23.2 Å². The normalized spacial score (nSPS) is 16.3. The van der Waals surface area contributed by atoms with Gasteiger partial charge >= 0.3 is 0 Å². The maximum absolute atomic E-state index is 13.3. The van der Waals surface area contributed by atoms with Crippen LogP contribution in [0.25, 0.3) is 0 Å². The number of benzene rings is 1. The van der Waals surface area contributed by atoms with Crippen LogP contribution < -0.4 is 10.3 Å². The molecule has 1 aliphatic heterocycles. The molecule has 0 radical (unpaired) electrons. The molecular formula is C17H18FN3O5. The summed E-state index contributed by atoms with van der Waals surface area (Å²) in [6, 6.07) is 5.56. The number of nitrogens with zero attached hydrogens (tertiary/aromatic N) is 2. The van der Waals surface area contributed by atoms with Crippen molar-refractivity contribution < 1.29 is 28.2 Å². The smallest absolute Gasteiger partial charge is 0.289 e. The van der Waals surface area contributed by atoms with E-state index in [-0.39, 0.29) is 23.3 Å². The van der Waals surface area contributed by atoms with Gasteiger partial charge in [0.2, 0.25) is 0 Å². The molecule has 8 nitrogen and oxygen atoms in total. The minimum atomic E-state index is -0.519. The van der Waals surface area contributed by atoms with Gasteiger partial charge in [-0.3, -0.25) is 4.79 Å². The summed E-state index contributed by atoms with van der Waals surface area (Å²) in [5.74, 6) is -0.191. The standard InChI is InChI=1S/C17H18FN3O5/c1-3-12-9-16(21(25-12)26-13-7-5-6-11(18)8-13)24-20-17(22)14-10-19-23-15(14)4-2/h5-10,12H,3-4H2,1-2H3,(H,20,22). The third-order valence-electron chi connectivity index (χ3n) is 3.59. The summed E-state index contributed by atoms with van der Waals surface area (Å²) in [5, 5.41) is 4.58. The Morgan fingerprint density at radius 3 is 3.00 bits per heavy atom. The van der Waals surface area contributed by atoms with Crippen LogP contribution in [0.5, 0.6) is 5.75 Å². The molecule has 0 spiro atoms. The lowest BCUT2D eigenvalue weighted by Gasteiger charge is -2.20. The Kier molecular flexibility index (Phi) is 5.37. The van der Waals surface area contributed by atoms with Crippen LogP contribution in [0.15, 0.2) is 46.9 Å². The summed E-state index contributed by atoms with van der Waals surface area (Å²) in [6.45, 7) is 3.75. The fourth-order valence-corrected chi connectivity index (χ4v) is 2.23. The predicted octanol–water partition coefficient (Wildman–Crippen LogP) is 2.90. The van der Waals surface area contributed by atoms with Crippen LogP contribution in [-0.2, 0) is 16.1 Å². The highest BCUT2D eigenvalue weighted by atomic mass is 19.1. The molecule has 0 saturated heterocycles. The lowest BCUT2D eigenvalue weighted by molar-refractivity contribution is -0.314. The van der Waals surface area contributed by atoms with Crippen molar-refractivity contribution in [1.82, 2.24) is 15.9 Å². The average molecular weight is 363 g/mol. The van der Waals surface area contributed by atoms with Gasteiger partial charge < -0.3 is 14.2 Å². The molecule has 1 N–H and O–H groups in total. The van der Waals surface area contributed by atoms with Gasteiger partial charge in [-0.15, -0.1) is 0 Å². The topological polar surface area (TPSA) is 86.1 Å². The van der Waals surface area contributed by atoms with E-state index in [0.29, 0.717) is 18.6 Å². The largest absolute Gasteiger partial charge is 0.361 e. The molecule has 1 atom stereocenters. The summed E-state index contributed by atoms with van der Waals surface area (Å²) in [6.07, 6.45) is 3.80. The zero-order valence-corrected chi connectivity index (χ0v) is 14.3. The lowest BCUT2D eigenvalue weighted by atomic mass is 10.2. The van der Waals surface area contributed by atoms with Crippen molar-refractivity contribution in [2.75, 3.05) is 0 Å². The molecule has 1 unspecified atom stereocenters. The highest BCUT2D eigenvalue weighted by Crippen LogP contribution is 2.24. The average Bonchev–Trinajstić information content (AvgIpc) is 3.26. The maximum Gasteiger partial charge on any atom is 0.289 e. The van der Waals surface area contributed by atoms with Gasteiger partial charge in [-0.25, -0.2) is 9.23 Å². The molecule has 2 aromatic rings. The Balaban J connectivity index is 1.66. The van der Waals surface area contributed by atoms with Crippen LogP contribution in [0.1, 0.15) is 36.4 Å². The number of hydrogen-bond donors (Lipinski definition) is 1. The molecule has 0 fully saturated rings. The lowest BCUT2D eigenvalue weighted by Crippen LogP contribution is -2.31. The Morgan fingerprint density at radius 2 is 2.27 bits per heavy atom. The van der Waals surface area contributed by atoms with Gasteiger partial charge in [0, 0.05) is 18.6 Å². The van der Waals surface area contributed by atoms with Crippen LogP contribution in [0.2, 0.25) is 0 Å². The Morgan fingerprint density at radius 1 is 1.42 bits per heavy atom. The fraction of sp³-hybridized carbons (Fsp3) is 0.294. The summed E-state index contributed by atoms with van der Waals surface area (Å²) >= 11 is 0. The highest BCUT2D eigenvalue weighted by molar-refractivity contribution is 5.94. The van der Waals surface area contributed by atoms with E-state index < -0.39 is 11.7 Å². The molecule has 0 saturated carbocycles. The maximum atomic E-state index is 13.3. The Hall–Kier alpha value is -3.07. The van der Waals surface area contributed by atoms with Crippen LogP contribution in [0.3, 0.4) is 0 Å². The fourth-order valence-electron chi connectivity index (χ4n) is 2.23. The summed E-state index contributed by atoms with van der Waals surface area (Å²) < 4.78 is 18.3. The number of halogens is 1. The van der Waals surface area contributed by atoms with E-state index in [9.17, 15) is 9.18 Å². The molecule has 1 aliphatic rings. The second-order valence-electron chi connectivity index (χ2n) is 5.41.